The summed E-state index contributed by atoms with van der Waals surface area (Å²) in [4.78, 5) is 41.9. The number of halogens is 1. The molecule has 4 rings (SSSR count). The Balaban J connectivity index is 1.61. The maximum Gasteiger partial charge on any atom is 0.313 e. The van der Waals surface area contributed by atoms with E-state index in [0.29, 0.717) is 18.7 Å². The second kappa shape index (κ2) is 11.6. The van der Waals surface area contributed by atoms with E-state index in [-0.39, 0.29) is 18.7 Å². The van der Waals surface area contributed by atoms with E-state index in [9.17, 15) is 18.8 Å². The highest BCUT2D eigenvalue weighted by atomic mass is 32.1. The number of amides is 3. The van der Waals surface area contributed by atoms with Crippen molar-refractivity contribution in [3.05, 3.63) is 58.0 Å². The first-order valence-electron chi connectivity index (χ1n) is 11.8. The minimum absolute atomic E-state index is 0.0300. The van der Waals surface area contributed by atoms with E-state index in [1.165, 1.54) is 40.5 Å². The van der Waals surface area contributed by atoms with E-state index in [1.54, 1.807) is 0 Å². The quantitative estimate of drug-likeness (QED) is 0.560. The highest BCUT2D eigenvalue weighted by Crippen LogP contribution is 2.26. The number of thiophene rings is 1. The van der Waals surface area contributed by atoms with Crippen LogP contribution in [0.15, 0.2) is 41.8 Å². The van der Waals surface area contributed by atoms with Gasteiger partial charge in [0.15, 0.2) is 0 Å². The van der Waals surface area contributed by atoms with Crippen LogP contribution in [0.5, 0.6) is 0 Å². The fraction of sp³-hybridized carbons (Fsp3) is 0.480. The highest BCUT2D eigenvalue weighted by molar-refractivity contribution is 7.09. The van der Waals surface area contributed by atoms with Gasteiger partial charge in [-0.1, -0.05) is 31.0 Å². The van der Waals surface area contributed by atoms with Gasteiger partial charge < -0.3 is 20.3 Å². The lowest BCUT2D eigenvalue weighted by molar-refractivity contribution is -0.151. The van der Waals surface area contributed by atoms with Crippen LogP contribution in [-0.4, -0.2) is 47.9 Å². The van der Waals surface area contributed by atoms with Crippen molar-refractivity contribution in [2.45, 2.75) is 63.3 Å². The topological polar surface area (TPSA) is 87.7 Å². The summed E-state index contributed by atoms with van der Waals surface area (Å²) in [6.07, 6.45) is 5.42. The third-order valence-corrected chi connectivity index (χ3v) is 7.19. The molecule has 7 nitrogen and oxygen atoms in total. The van der Waals surface area contributed by atoms with Crippen LogP contribution in [0, 0.1) is 5.82 Å². The zero-order chi connectivity index (χ0) is 23.9. The number of carbonyl (C=O) groups excluding carboxylic acids is 3. The van der Waals surface area contributed by atoms with Crippen LogP contribution in [0.4, 0.5) is 4.39 Å². The number of hydrogen-bond acceptors (Lipinski definition) is 5. The number of nitrogens with one attached hydrogen (secondary N) is 2. The van der Waals surface area contributed by atoms with Crippen molar-refractivity contribution in [1.29, 1.82) is 0 Å². The second-order valence-electron chi connectivity index (χ2n) is 8.80. The van der Waals surface area contributed by atoms with Crippen molar-refractivity contribution in [2.24, 2.45) is 0 Å². The van der Waals surface area contributed by atoms with Gasteiger partial charge in [-0.15, -0.1) is 11.3 Å². The van der Waals surface area contributed by atoms with Crippen molar-refractivity contribution in [3.8, 4) is 0 Å². The molecule has 0 radical (unpaired) electrons. The summed E-state index contributed by atoms with van der Waals surface area (Å²) in [5.41, 5.74) is 0.435. The Bertz CT molecular complexity index is 971. The molecule has 1 aromatic carbocycles. The molecule has 2 N–H and O–H groups in total. The predicted octanol–water partition coefficient (Wildman–Crippen LogP) is 3.31. The molecule has 2 aliphatic rings. The lowest BCUT2D eigenvalue weighted by atomic mass is 10.0. The van der Waals surface area contributed by atoms with Crippen LogP contribution in [0.3, 0.4) is 0 Å². The number of carbonyl (C=O) groups is 3. The van der Waals surface area contributed by atoms with Crippen LogP contribution in [-0.2, 0) is 25.7 Å². The van der Waals surface area contributed by atoms with Crippen molar-refractivity contribution < 1.29 is 23.5 Å². The van der Waals surface area contributed by atoms with E-state index < -0.39 is 29.6 Å². The van der Waals surface area contributed by atoms with Gasteiger partial charge >= 0.3 is 11.8 Å². The van der Waals surface area contributed by atoms with Gasteiger partial charge in [0, 0.05) is 24.1 Å². The van der Waals surface area contributed by atoms with E-state index in [4.69, 9.17) is 4.74 Å². The van der Waals surface area contributed by atoms with Crippen LogP contribution in [0.2, 0.25) is 0 Å². The first kappa shape index (κ1) is 24.3. The molecule has 1 aliphatic heterocycles. The van der Waals surface area contributed by atoms with E-state index in [1.807, 2.05) is 17.5 Å². The highest BCUT2D eigenvalue weighted by Gasteiger charge is 2.36. The average Bonchev–Trinajstić information content (AvgIpc) is 3.62. The minimum Gasteiger partial charge on any atom is -0.376 e. The summed E-state index contributed by atoms with van der Waals surface area (Å²) >= 11 is 1.44. The number of rotatable bonds is 8. The van der Waals surface area contributed by atoms with Crippen LogP contribution < -0.4 is 10.6 Å². The molecule has 2 aromatic rings. The van der Waals surface area contributed by atoms with Gasteiger partial charge in [-0.2, -0.15) is 0 Å². The third-order valence-electron chi connectivity index (χ3n) is 6.33. The first-order chi connectivity index (χ1) is 16.5. The number of hydrogen-bond donors (Lipinski definition) is 2. The van der Waals surface area contributed by atoms with Gasteiger partial charge in [0.1, 0.15) is 11.9 Å². The Hall–Kier alpha value is -2.78. The Morgan fingerprint density at radius 1 is 1.09 bits per heavy atom. The zero-order valence-corrected chi connectivity index (χ0v) is 19.8. The van der Waals surface area contributed by atoms with Crippen LogP contribution >= 0.6 is 11.3 Å². The summed E-state index contributed by atoms with van der Waals surface area (Å²) in [6.45, 7) is 1.06. The lowest BCUT2D eigenvalue weighted by Gasteiger charge is -2.31. The lowest BCUT2D eigenvalue weighted by Crippen LogP contribution is -2.50. The monoisotopic (exact) mass is 487 g/mol. The molecule has 34 heavy (non-hydrogen) atoms. The molecule has 182 valence electrons. The van der Waals surface area contributed by atoms with Gasteiger partial charge in [0.25, 0.3) is 0 Å². The summed E-state index contributed by atoms with van der Waals surface area (Å²) in [5, 5.41) is 7.59. The fourth-order valence-corrected chi connectivity index (χ4v) is 5.24. The molecule has 3 amide bonds. The van der Waals surface area contributed by atoms with Gasteiger partial charge in [0.2, 0.25) is 5.91 Å². The van der Waals surface area contributed by atoms with Crippen molar-refractivity contribution in [1.82, 2.24) is 15.5 Å². The maximum absolute atomic E-state index is 13.7. The SMILES string of the molecule is O=C(NC1CCCC1)C(=O)N(Cc1cccs1)[C@H](C(=O)NC[C@H]1CCCO1)c1ccc(F)cc1. The van der Waals surface area contributed by atoms with Gasteiger partial charge in [-0.25, -0.2) is 4.39 Å². The van der Waals surface area contributed by atoms with Gasteiger partial charge in [-0.05, 0) is 54.8 Å². The number of nitrogens with zero attached hydrogens (tertiary/aromatic N) is 1. The summed E-state index contributed by atoms with van der Waals surface area (Å²) < 4.78 is 19.3. The number of ether oxygens (including phenoxy) is 1. The third kappa shape index (κ3) is 6.21. The maximum atomic E-state index is 13.7. The molecule has 2 fully saturated rings. The van der Waals surface area contributed by atoms with Crippen LogP contribution in [0.25, 0.3) is 0 Å². The molecule has 1 aromatic heterocycles. The molecule has 1 saturated carbocycles. The molecule has 9 heteroatoms. The molecular formula is C25H30FN3O4S. The van der Waals surface area contributed by atoms with E-state index in [2.05, 4.69) is 10.6 Å². The summed E-state index contributed by atoms with van der Waals surface area (Å²) in [6, 6.07) is 8.05. The Morgan fingerprint density at radius 2 is 1.85 bits per heavy atom. The predicted molar refractivity (Wildman–Crippen MR) is 126 cm³/mol. The molecule has 1 saturated heterocycles. The molecule has 0 spiro atoms. The molecule has 2 atom stereocenters. The molecule has 1 aliphatic carbocycles. The number of benzene rings is 1. The molecule has 0 unspecified atom stereocenters. The zero-order valence-electron chi connectivity index (χ0n) is 19.0. The van der Waals surface area contributed by atoms with Gasteiger partial charge in [0.05, 0.1) is 12.6 Å². The Kier molecular flexibility index (Phi) is 8.29. The Morgan fingerprint density at radius 3 is 2.50 bits per heavy atom. The largest absolute Gasteiger partial charge is 0.376 e. The molecular weight excluding hydrogens is 457 g/mol. The van der Waals surface area contributed by atoms with Crippen molar-refractivity contribution in [2.75, 3.05) is 13.2 Å². The van der Waals surface area contributed by atoms with Gasteiger partial charge in [-0.3, -0.25) is 14.4 Å². The summed E-state index contributed by atoms with van der Waals surface area (Å²) in [7, 11) is 0. The molecule has 2 heterocycles. The van der Waals surface area contributed by atoms with Crippen molar-refractivity contribution in [3.63, 3.8) is 0 Å². The van der Waals surface area contributed by atoms with Crippen LogP contribution in [0.1, 0.15) is 55.0 Å². The van der Waals surface area contributed by atoms with E-state index >= 15 is 0 Å². The second-order valence-corrected chi connectivity index (χ2v) is 9.83. The standard InChI is InChI=1S/C25H30FN3O4S/c26-18-11-9-17(10-12-18)22(23(30)27-15-20-7-3-13-33-20)29(16-21-8-4-14-34-21)25(32)24(31)28-19-5-1-2-6-19/h4,8-12,14,19-20,22H,1-3,5-7,13,15-16H2,(H,27,30)(H,28,31)/t20-,22+/m1/s1. The average molecular weight is 488 g/mol. The smallest absolute Gasteiger partial charge is 0.313 e. The normalized spacial score (nSPS) is 19.0. The Labute approximate surface area is 202 Å². The molecule has 0 bridgehead atoms. The first-order valence-corrected chi connectivity index (χ1v) is 12.7. The van der Waals surface area contributed by atoms with E-state index in [0.717, 1.165) is 43.4 Å². The fourth-order valence-electron chi connectivity index (χ4n) is 4.53. The van der Waals surface area contributed by atoms with Crippen molar-refractivity contribution >= 4 is 29.1 Å². The summed E-state index contributed by atoms with van der Waals surface area (Å²) in [5.74, 6) is -2.37. The minimum atomic E-state index is -1.09.